The Morgan fingerprint density at radius 3 is 2.35 bits per heavy atom. The maximum Gasteiger partial charge on any atom is 0.337 e. The lowest BCUT2D eigenvalue weighted by Gasteiger charge is -2.25. The first kappa shape index (κ1) is 23.9. The molecule has 1 aromatic heterocycles. The predicted molar refractivity (Wildman–Crippen MR) is 139 cm³/mol. The van der Waals surface area contributed by atoms with E-state index in [4.69, 9.17) is 4.74 Å². The number of hydrogen-bond donors (Lipinski definition) is 1. The van der Waals surface area contributed by atoms with Crippen LogP contribution in [0, 0.1) is 0 Å². The monoisotopic (exact) mass is 492 g/mol. The number of Topliss-reactive ketones (excluding diaryl/α,β-unsaturated/α-hetero) is 1. The number of fused-ring (bicyclic) bond motifs is 1. The van der Waals surface area contributed by atoms with E-state index in [1.807, 2.05) is 42.5 Å². The fraction of sp³-hybridized carbons (Fsp3) is 0.133. The zero-order valence-corrected chi connectivity index (χ0v) is 20.1. The molecular formula is C30H24N2O5. The van der Waals surface area contributed by atoms with Crippen LogP contribution in [-0.4, -0.2) is 46.3 Å². The molecule has 1 aliphatic rings. The second-order valence-electron chi connectivity index (χ2n) is 8.73. The largest absolute Gasteiger partial charge is 0.507 e. The number of carbonyl (C=O) groups excluding carboxylic acids is 3. The molecule has 1 N–H and O–H groups in total. The first-order chi connectivity index (χ1) is 18.0. The number of ketones is 1. The maximum absolute atomic E-state index is 13.3. The summed E-state index contributed by atoms with van der Waals surface area (Å²) in [5, 5.41) is 13.3. The van der Waals surface area contributed by atoms with Crippen LogP contribution >= 0.6 is 0 Å². The number of esters is 1. The van der Waals surface area contributed by atoms with Gasteiger partial charge in [-0.3, -0.25) is 14.6 Å². The molecule has 0 bridgehead atoms. The van der Waals surface area contributed by atoms with Gasteiger partial charge in [0.15, 0.2) is 0 Å². The molecule has 1 amide bonds. The molecule has 184 valence electrons. The van der Waals surface area contributed by atoms with Gasteiger partial charge in [0.2, 0.25) is 0 Å². The van der Waals surface area contributed by atoms with E-state index in [1.54, 1.807) is 36.4 Å². The summed E-state index contributed by atoms with van der Waals surface area (Å²) in [6, 6.07) is 22.9. The van der Waals surface area contributed by atoms with Gasteiger partial charge in [-0.25, -0.2) is 4.79 Å². The van der Waals surface area contributed by atoms with E-state index >= 15 is 0 Å². The van der Waals surface area contributed by atoms with Crippen molar-refractivity contribution in [1.82, 2.24) is 9.88 Å². The molecule has 1 unspecified atom stereocenters. The summed E-state index contributed by atoms with van der Waals surface area (Å²) in [5.41, 5.74) is 2.38. The van der Waals surface area contributed by atoms with Gasteiger partial charge in [0.05, 0.1) is 24.3 Å². The summed E-state index contributed by atoms with van der Waals surface area (Å²) in [6.07, 6.45) is 3.53. The van der Waals surface area contributed by atoms with Gasteiger partial charge < -0.3 is 14.7 Å². The first-order valence-electron chi connectivity index (χ1n) is 11.8. The number of aliphatic hydroxyl groups is 1. The zero-order valence-electron chi connectivity index (χ0n) is 20.1. The van der Waals surface area contributed by atoms with Gasteiger partial charge in [-0.05, 0) is 52.6 Å². The Morgan fingerprint density at radius 1 is 0.919 bits per heavy atom. The molecule has 4 aromatic rings. The minimum atomic E-state index is -0.824. The number of benzene rings is 3. The van der Waals surface area contributed by atoms with Gasteiger partial charge in [-0.2, -0.15) is 0 Å². The van der Waals surface area contributed by atoms with Crippen LogP contribution < -0.4 is 0 Å². The maximum atomic E-state index is 13.3. The first-order valence-corrected chi connectivity index (χ1v) is 11.8. The third-order valence-corrected chi connectivity index (χ3v) is 6.64. The van der Waals surface area contributed by atoms with E-state index in [1.165, 1.54) is 24.4 Å². The van der Waals surface area contributed by atoms with Gasteiger partial charge in [0, 0.05) is 24.5 Å². The van der Waals surface area contributed by atoms with Crippen molar-refractivity contribution in [3.8, 4) is 0 Å². The Balaban J connectivity index is 1.57. The fourth-order valence-electron chi connectivity index (χ4n) is 4.79. The molecule has 1 saturated heterocycles. The topological polar surface area (TPSA) is 96.8 Å². The summed E-state index contributed by atoms with van der Waals surface area (Å²) in [5.74, 6) is -2.20. The average molecular weight is 493 g/mol. The van der Waals surface area contributed by atoms with E-state index in [9.17, 15) is 19.5 Å². The van der Waals surface area contributed by atoms with Gasteiger partial charge in [0.25, 0.3) is 11.7 Å². The SMILES string of the molecule is COC(=O)c1ccc(C2C(=C(O)c3ccncc3)C(=O)C(=O)N2CCc2cccc3ccccc23)cc1. The molecule has 0 radical (unpaired) electrons. The van der Waals surface area contributed by atoms with Crippen molar-refractivity contribution in [3.63, 3.8) is 0 Å². The number of carbonyl (C=O) groups is 3. The number of amides is 1. The van der Waals surface area contributed by atoms with Crippen LogP contribution in [0.3, 0.4) is 0 Å². The Hall–Kier alpha value is -4.78. The van der Waals surface area contributed by atoms with Crippen molar-refractivity contribution in [1.29, 1.82) is 0 Å². The average Bonchev–Trinajstić information content (AvgIpc) is 3.20. The smallest absolute Gasteiger partial charge is 0.337 e. The Bertz CT molecular complexity index is 1520. The number of likely N-dealkylation sites (tertiary alicyclic amines) is 1. The van der Waals surface area contributed by atoms with E-state index < -0.39 is 23.7 Å². The lowest BCUT2D eigenvalue weighted by molar-refractivity contribution is -0.139. The number of hydrogen-bond acceptors (Lipinski definition) is 6. The van der Waals surface area contributed by atoms with Gasteiger partial charge in [-0.1, -0.05) is 54.6 Å². The highest BCUT2D eigenvalue weighted by Gasteiger charge is 2.45. The number of rotatable bonds is 6. The van der Waals surface area contributed by atoms with Gasteiger partial charge >= 0.3 is 5.97 Å². The van der Waals surface area contributed by atoms with Crippen LogP contribution in [0.15, 0.2) is 96.8 Å². The summed E-state index contributed by atoms with van der Waals surface area (Å²) >= 11 is 0. The lowest BCUT2D eigenvalue weighted by Crippen LogP contribution is -2.31. The molecular weight excluding hydrogens is 468 g/mol. The van der Waals surface area contributed by atoms with Gasteiger partial charge in [-0.15, -0.1) is 0 Å². The lowest BCUT2D eigenvalue weighted by atomic mass is 9.94. The molecule has 1 atom stereocenters. The predicted octanol–water partition coefficient (Wildman–Crippen LogP) is 4.69. The number of nitrogens with zero attached hydrogens (tertiary/aromatic N) is 2. The molecule has 7 nitrogen and oxygen atoms in total. The minimum absolute atomic E-state index is 0.0000576. The second-order valence-corrected chi connectivity index (χ2v) is 8.73. The van der Waals surface area contributed by atoms with Crippen molar-refractivity contribution in [2.75, 3.05) is 13.7 Å². The minimum Gasteiger partial charge on any atom is -0.507 e. The highest BCUT2D eigenvalue weighted by molar-refractivity contribution is 6.46. The second kappa shape index (κ2) is 10.1. The van der Waals surface area contributed by atoms with Crippen molar-refractivity contribution in [3.05, 3.63) is 119 Å². The number of methoxy groups -OCH3 is 1. The Morgan fingerprint density at radius 2 is 1.62 bits per heavy atom. The molecule has 3 aromatic carbocycles. The van der Waals surface area contributed by atoms with Crippen LogP contribution in [-0.2, 0) is 20.7 Å². The van der Waals surface area contributed by atoms with E-state index in [0.29, 0.717) is 23.1 Å². The Labute approximate surface area is 213 Å². The van der Waals surface area contributed by atoms with Crippen LogP contribution in [0.4, 0.5) is 0 Å². The summed E-state index contributed by atoms with van der Waals surface area (Å²) in [6.45, 7) is 0.259. The van der Waals surface area contributed by atoms with Crippen molar-refractivity contribution in [2.45, 2.75) is 12.5 Å². The highest BCUT2D eigenvalue weighted by Crippen LogP contribution is 2.39. The molecule has 0 aliphatic carbocycles. The Kier molecular flexibility index (Phi) is 6.51. The zero-order chi connectivity index (χ0) is 25.9. The number of pyridine rings is 1. The molecule has 0 saturated carbocycles. The number of aliphatic hydroxyl groups excluding tert-OH is 1. The van der Waals surface area contributed by atoms with E-state index in [0.717, 1.165) is 16.3 Å². The van der Waals surface area contributed by atoms with Crippen molar-refractivity contribution < 1.29 is 24.2 Å². The summed E-state index contributed by atoms with van der Waals surface area (Å²) in [7, 11) is 1.30. The molecule has 0 spiro atoms. The quantitative estimate of drug-likeness (QED) is 0.182. The summed E-state index contributed by atoms with van der Waals surface area (Å²) in [4.78, 5) is 43.9. The molecule has 5 rings (SSSR count). The third kappa shape index (κ3) is 4.47. The van der Waals surface area contributed by atoms with Crippen molar-refractivity contribution in [2.24, 2.45) is 0 Å². The van der Waals surface area contributed by atoms with Crippen LogP contribution in [0.5, 0.6) is 0 Å². The molecule has 1 aliphatic heterocycles. The summed E-state index contributed by atoms with van der Waals surface area (Å²) < 4.78 is 4.78. The van der Waals surface area contributed by atoms with Crippen LogP contribution in [0.2, 0.25) is 0 Å². The fourth-order valence-corrected chi connectivity index (χ4v) is 4.79. The number of ether oxygens (including phenoxy) is 1. The third-order valence-electron chi connectivity index (χ3n) is 6.64. The normalized spacial score (nSPS) is 16.8. The highest BCUT2D eigenvalue weighted by atomic mass is 16.5. The molecule has 7 heteroatoms. The van der Waals surface area contributed by atoms with Crippen LogP contribution in [0.1, 0.15) is 33.1 Å². The van der Waals surface area contributed by atoms with E-state index in [-0.39, 0.29) is 17.9 Å². The molecule has 2 heterocycles. The standard InChI is InChI=1S/C30H24N2O5/c1-37-30(36)23-11-9-21(10-12-23)26-25(27(33)22-13-16-31-17-14-22)28(34)29(35)32(26)18-15-20-7-4-6-19-5-2-3-8-24(19)20/h2-14,16-17,26,33H,15,18H2,1H3. The van der Waals surface area contributed by atoms with E-state index in [2.05, 4.69) is 4.98 Å². The van der Waals surface area contributed by atoms with Crippen molar-refractivity contribution >= 4 is 34.2 Å². The van der Waals surface area contributed by atoms with Crippen LogP contribution in [0.25, 0.3) is 16.5 Å². The van der Waals surface area contributed by atoms with Gasteiger partial charge in [0.1, 0.15) is 5.76 Å². The number of aromatic nitrogens is 1. The molecule has 37 heavy (non-hydrogen) atoms. The molecule has 1 fully saturated rings.